The molecule has 1 nitrogen and oxygen atoms in total. The van der Waals surface area contributed by atoms with Crippen molar-refractivity contribution in [3.05, 3.63) is 0 Å². The van der Waals surface area contributed by atoms with Crippen LogP contribution in [0.2, 0.25) is 0 Å². The van der Waals surface area contributed by atoms with Crippen LogP contribution in [0.25, 0.3) is 0 Å². The first-order chi connectivity index (χ1) is 8.32. The smallest absolute Gasteiger partial charge is 0.0134 e. The molecule has 0 aromatic rings. The lowest BCUT2D eigenvalue weighted by Gasteiger charge is -2.35. The van der Waals surface area contributed by atoms with Gasteiger partial charge >= 0.3 is 0 Å². The van der Waals surface area contributed by atoms with Crippen molar-refractivity contribution in [3.63, 3.8) is 0 Å². The van der Waals surface area contributed by atoms with Crippen molar-refractivity contribution in [1.82, 2.24) is 5.32 Å². The molecule has 0 aliphatic heterocycles. The van der Waals surface area contributed by atoms with Crippen LogP contribution in [0.4, 0.5) is 0 Å². The SMILES string of the molecule is CCNC(C1CCCC(C)C1)C1C(C)(C)C1(C)C. The predicted molar refractivity (Wildman–Crippen MR) is 79.6 cm³/mol. The van der Waals surface area contributed by atoms with Gasteiger partial charge in [-0.05, 0) is 48.0 Å². The van der Waals surface area contributed by atoms with Gasteiger partial charge in [0.25, 0.3) is 0 Å². The monoisotopic (exact) mass is 251 g/mol. The minimum absolute atomic E-state index is 0.514. The van der Waals surface area contributed by atoms with Gasteiger partial charge in [-0.3, -0.25) is 0 Å². The van der Waals surface area contributed by atoms with Gasteiger partial charge in [0.1, 0.15) is 0 Å². The number of nitrogens with one attached hydrogen (secondary N) is 1. The highest BCUT2D eigenvalue weighted by molar-refractivity contribution is 5.17. The van der Waals surface area contributed by atoms with E-state index in [4.69, 9.17) is 0 Å². The molecule has 0 radical (unpaired) electrons. The Morgan fingerprint density at radius 1 is 1.11 bits per heavy atom. The second kappa shape index (κ2) is 4.81. The Morgan fingerprint density at radius 3 is 2.17 bits per heavy atom. The van der Waals surface area contributed by atoms with Crippen LogP contribution in [0.3, 0.4) is 0 Å². The van der Waals surface area contributed by atoms with Gasteiger partial charge in [-0.2, -0.15) is 0 Å². The normalized spacial score (nSPS) is 36.3. The Bertz CT molecular complexity index is 278. The van der Waals surface area contributed by atoms with Crippen LogP contribution in [0.1, 0.15) is 67.2 Å². The molecular weight excluding hydrogens is 218 g/mol. The first-order valence-electron chi connectivity index (χ1n) is 8.05. The van der Waals surface area contributed by atoms with E-state index in [0.717, 1.165) is 30.3 Å². The molecule has 0 bridgehead atoms. The Hall–Kier alpha value is -0.0400. The summed E-state index contributed by atoms with van der Waals surface area (Å²) in [5.41, 5.74) is 1.03. The van der Waals surface area contributed by atoms with Crippen molar-refractivity contribution in [3.8, 4) is 0 Å². The molecule has 0 aromatic heterocycles. The quantitative estimate of drug-likeness (QED) is 0.777. The molecule has 106 valence electrons. The van der Waals surface area contributed by atoms with Gasteiger partial charge in [0.05, 0.1) is 0 Å². The van der Waals surface area contributed by atoms with E-state index in [-0.39, 0.29) is 0 Å². The van der Waals surface area contributed by atoms with E-state index >= 15 is 0 Å². The van der Waals surface area contributed by atoms with Crippen molar-refractivity contribution in [1.29, 1.82) is 0 Å². The van der Waals surface area contributed by atoms with Crippen molar-refractivity contribution in [2.75, 3.05) is 6.54 Å². The Kier molecular flexibility index (Phi) is 3.84. The molecule has 2 aliphatic carbocycles. The predicted octanol–water partition coefficient (Wildman–Crippen LogP) is 4.47. The molecule has 1 N–H and O–H groups in total. The summed E-state index contributed by atoms with van der Waals surface area (Å²) in [4.78, 5) is 0. The third kappa shape index (κ3) is 2.24. The second-order valence-electron chi connectivity index (χ2n) is 8.04. The van der Waals surface area contributed by atoms with Gasteiger partial charge in [0.15, 0.2) is 0 Å². The summed E-state index contributed by atoms with van der Waals surface area (Å²) in [6.07, 6.45) is 5.79. The summed E-state index contributed by atoms with van der Waals surface area (Å²) < 4.78 is 0. The first-order valence-corrected chi connectivity index (χ1v) is 8.05. The summed E-state index contributed by atoms with van der Waals surface area (Å²) in [6.45, 7) is 15.7. The summed E-state index contributed by atoms with van der Waals surface area (Å²) in [7, 11) is 0. The summed E-state index contributed by atoms with van der Waals surface area (Å²) in [5.74, 6) is 2.72. The van der Waals surface area contributed by atoms with E-state index in [9.17, 15) is 0 Å². The second-order valence-corrected chi connectivity index (χ2v) is 8.04. The van der Waals surface area contributed by atoms with Gasteiger partial charge in [-0.25, -0.2) is 0 Å². The fraction of sp³-hybridized carbons (Fsp3) is 1.00. The van der Waals surface area contributed by atoms with Crippen LogP contribution in [0.5, 0.6) is 0 Å². The topological polar surface area (TPSA) is 12.0 Å². The molecule has 0 spiro atoms. The molecule has 2 fully saturated rings. The lowest BCUT2D eigenvalue weighted by molar-refractivity contribution is 0.193. The fourth-order valence-electron chi connectivity index (χ4n) is 4.74. The molecule has 3 atom stereocenters. The maximum Gasteiger partial charge on any atom is 0.0134 e. The zero-order valence-corrected chi connectivity index (χ0v) is 13.3. The largest absolute Gasteiger partial charge is 0.314 e. The van der Waals surface area contributed by atoms with Crippen molar-refractivity contribution in [2.24, 2.45) is 28.6 Å². The zero-order valence-electron chi connectivity index (χ0n) is 13.3. The zero-order chi connectivity index (χ0) is 13.6. The lowest BCUT2D eigenvalue weighted by Crippen LogP contribution is -2.41. The third-order valence-corrected chi connectivity index (χ3v) is 6.42. The Morgan fingerprint density at radius 2 is 1.72 bits per heavy atom. The Labute approximate surface area is 114 Å². The molecule has 0 saturated heterocycles. The van der Waals surface area contributed by atoms with E-state index < -0.39 is 0 Å². The minimum atomic E-state index is 0.514. The molecule has 1 heteroatoms. The number of rotatable bonds is 4. The fourth-order valence-corrected chi connectivity index (χ4v) is 4.74. The van der Waals surface area contributed by atoms with Crippen LogP contribution >= 0.6 is 0 Å². The van der Waals surface area contributed by atoms with Crippen LogP contribution in [-0.2, 0) is 0 Å². The van der Waals surface area contributed by atoms with E-state index in [1.54, 1.807) is 0 Å². The third-order valence-electron chi connectivity index (χ3n) is 6.42. The molecular formula is C17H33N. The van der Waals surface area contributed by atoms with E-state index in [1.165, 1.54) is 25.7 Å². The highest BCUT2D eigenvalue weighted by Gasteiger charge is 2.67. The molecule has 0 amide bonds. The molecule has 0 heterocycles. The first kappa shape index (κ1) is 14.4. The van der Waals surface area contributed by atoms with Gasteiger partial charge in [0.2, 0.25) is 0 Å². The van der Waals surface area contributed by atoms with Crippen LogP contribution in [0.15, 0.2) is 0 Å². The van der Waals surface area contributed by atoms with Gasteiger partial charge < -0.3 is 5.32 Å². The van der Waals surface area contributed by atoms with Crippen molar-refractivity contribution in [2.45, 2.75) is 73.3 Å². The highest BCUT2D eigenvalue weighted by Crippen LogP contribution is 2.70. The van der Waals surface area contributed by atoms with Gasteiger partial charge in [0, 0.05) is 6.04 Å². The van der Waals surface area contributed by atoms with E-state index in [1.807, 2.05) is 0 Å². The number of hydrogen-bond acceptors (Lipinski definition) is 1. The maximum atomic E-state index is 3.85. The maximum absolute atomic E-state index is 3.85. The summed E-state index contributed by atoms with van der Waals surface area (Å²) in [5, 5.41) is 3.85. The molecule has 2 rings (SSSR count). The molecule has 0 aromatic carbocycles. The average Bonchev–Trinajstić information content (AvgIpc) is 2.67. The molecule has 2 saturated carbocycles. The van der Waals surface area contributed by atoms with Crippen LogP contribution < -0.4 is 5.32 Å². The average molecular weight is 251 g/mol. The van der Waals surface area contributed by atoms with Gasteiger partial charge in [-0.1, -0.05) is 54.4 Å². The van der Waals surface area contributed by atoms with Crippen LogP contribution in [0, 0.1) is 28.6 Å². The minimum Gasteiger partial charge on any atom is -0.314 e. The van der Waals surface area contributed by atoms with E-state index in [0.29, 0.717) is 10.8 Å². The summed E-state index contributed by atoms with van der Waals surface area (Å²) in [6, 6.07) is 0.753. The number of hydrogen-bond donors (Lipinski definition) is 1. The lowest BCUT2D eigenvalue weighted by atomic mass is 9.76. The molecule has 18 heavy (non-hydrogen) atoms. The highest BCUT2D eigenvalue weighted by atomic mass is 15.0. The van der Waals surface area contributed by atoms with Crippen LogP contribution in [-0.4, -0.2) is 12.6 Å². The molecule has 3 unspecified atom stereocenters. The molecule has 2 aliphatic rings. The summed E-state index contributed by atoms with van der Waals surface area (Å²) >= 11 is 0. The van der Waals surface area contributed by atoms with E-state index in [2.05, 4.69) is 46.9 Å². The van der Waals surface area contributed by atoms with Gasteiger partial charge in [-0.15, -0.1) is 0 Å². The van der Waals surface area contributed by atoms with Crippen molar-refractivity contribution < 1.29 is 0 Å². The standard InChI is InChI=1S/C17H33N/c1-7-18-14(13-10-8-9-12(2)11-13)15-16(3,4)17(15,5)6/h12-15,18H,7-11H2,1-6H3. The van der Waals surface area contributed by atoms with Crippen molar-refractivity contribution >= 4 is 0 Å². The Balaban J connectivity index is 2.10.